The van der Waals surface area contributed by atoms with Crippen molar-refractivity contribution in [1.82, 2.24) is 4.90 Å². The lowest BCUT2D eigenvalue weighted by atomic mass is 9.97. The predicted molar refractivity (Wildman–Crippen MR) is 93.2 cm³/mol. The third kappa shape index (κ3) is 3.49. The number of hydrogen-bond acceptors (Lipinski definition) is 4. The van der Waals surface area contributed by atoms with Gasteiger partial charge in [0, 0.05) is 25.2 Å². The highest BCUT2D eigenvalue weighted by atomic mass is 32.2. The van der Waals surface area contributed by atoms with Gasteiger partial charge in [-0.2, -0.15) is 0 Å². The summed E-state index contributed by atoms with van der Waals surface area (Å²) in [6.45, 7) is 3.00. The van der Waals surface area contributed by atoms with Crippen molar-refractivity contribution in [2.75, 3.05) is 29.7 Å². The zero-order valence-electron chi connectivity index (χ0n) is 14.1. The Morgan fingerprint density at radius 3 is 2.56 bits per heavy atom. The van der Waals surface area contributed by atoms with E-state index in [9.17, 15) is 18.0 Å². The zero-order valence-corrected chi connectivity index (χ0v) is 15.0. The minimum Gasteiger partial charge on any atom is -0.481 e. The Labute approximate surface area is 147 Å². The molecule has 0 radical (unpaired) electrons. The minimum absolute atomic E-state index is 0.150. The Balaban J connectivity index is 1.81. The van der Waals surface area contributed by atoms with Crippen LogP contribution in [0.15, 0.2) is 18.2 Å². The third-order valence-electron chi connectivity index (χ3n) is 4.89. The van der Waals surface area contributed by atoms with E-state index in [4.69, 9.17) is 5.11 Å². The molecule has 7 nitrogen and oxygen atoms in total. The number of carbonyl (C=O) groups is 2. The number of aliphatic carboxylic acids is 1. The Hall–Kier alpha value is -2.09. The second kappa shape index (κ2) is 6.67. The first kappa shape index (κ1) is 17.7. The van der Waals surface area contributed by atoms with Crippen LogP contribution in [0, 0.1) is 12.8 Å². The molecule has 2 saturated heterocycles. The van der Waals surface area contributed by atoms with Crippen LogP contribution in [0.25, 0.3) is 0 Å². The molecule has 0 bridgehead atoms. The van der Waals surface area contributed by atoms with Gasteiger partial charge in [-0.25, -0.2) is 8.42 Å². The number of amides is 1. The number of carbonyl (C=O) groups excluding carboxylic acids is 1. The smallest absolute Gasteiger partial charge is 0.308 e. The fourth-order valence-corrected chi connectivity index (χ4v) is 5.06. The largest absolute Gasteiger partial charge is 0.481 e. The fourth-order valence-electron chi connectivity index (χ4n) is 3.51. The summed E-state index contributed by atoms with van der Waals surface area (Å²) in [5.41, 5.74) is 1.77. The van der Waals surface area contributed by atoms with Gasteiger partial charge < -0.3 is 10.0 Å². The number of piperidine rings is 1. The number of carboxylic acids is 1. The monoisotopic (exact) mass is 366 g/mol. The molecule has 136 valence electrons. The summed E-state index contributed by atoms with van der Waals surface area (Å²) >= 11 is 0. The van der Waals surface area contributed by atoms with Crippen molar-refractivity contribution in [3.05, 3.63) is 29.3 Å². The predicted octanol–water partition coefficient (Wildman–Crippen LogP) is 1.47. The maximum atomic E-state index is 12.7. The molecule has 25 heavy (non-hydrogen) atoms. The van der Waals surface area contributed by atoms with E-state index in [1.54, 1.807) is 30.0 Å². The lowest BCUT2D eigenvalue weighted by molar-refractivity contribution is -0.143. The molecule has 0 saturated carbocycles. The van der Waals surface area contributed by atoms with E-state index >= 15 is 0 Å². The molecule has 1 amide bonds. The summed E-state index contributed by atoms with van der Waals surface area (Å²) in [5, 5.41) is 9.17. The van der Waals surface area contributed by atoms with Crippen molar-refractivity contribution in [1.29, 1.82) is 0 Å². The second-order valence-corrected chi connectivity index (χ2v) is 8.68. The molecule has 0 aromatic heterocycles. The SMILES string of the molecule is Cc1cc(N2CCCS2(=O)=O)ccc1C(=O)N1CCC[C@H](C(=O)O)C1. The van der Waals surface area contributed by atoms with Crippen LogP contribution in [0.1, 0.15) is 35.2 Å². The molecule has 2 fully saturated rings. The second-order valence-electron chi connectivity index (χ2n) is 6.67. The van der Waals surface area contributed by atoms with Crippen LogP contribution in [-0.4, -0.2) is 55.7 Å². The number of anilines is 1. The van der Waals surface area contributed by atoms with Gasteiger partial charge in [0.1, 0.15) is 0 Å². The summed E-state index contributed by atoms with van der Waals surface area (Å²) in [6, 6.07) is 5.02. The molecular weight excluding hydrogens is 344 g/mol. The summed E-state index contributed by atoms with van der Waals surface area (Å²) in [7, 11) is -3.25. The van der Waals surface area contributed by atoms with Crippen LogP contribution in [0.3, 0.4) is 0 Å². The van der Waals surface area contributed by atoms with Gasteiger partial charge in [0.05, 0.1) is 17.4 Å². The van der Waals surface area contributed by atoms with Crippen molar-refractivity contribution in [3.8, 4) is 0 Å². The van der Waals surface area contributed by atoms with Gasteiger partial charge in [-0.3, -0.25) is 13.9 Å². The Bertz CT molecular complexity index is 805. The van der Waals surface area contributed by atoms with Gasteiger partial charge in [0.25, 0.3) is 5.91 Å². The average molecular weight is 366 g/mol. The molecule has 1 aromatic carbocycles. The topological polar surface area (TPSA) is 95.0 Å². The molecule has 2 aliphatic heterocycles. The molecule has 2 aliphatic rings. The first-order chi connectivity index (χ1) is 11.8. The van der Waals surface area contributed by atoms with Crippen LogP contribution in [0.2, 0.25) is 0 Å². The maximum absolute atomic E-state index is 12.7. The van der Waals surface area contributed by atoms with Gasteiger partial charge in [-0.15, -0.1) is 0 Å². The lowest BCUT2D eigenvalue weighted by Gasteiger charge is -2.31. The molecule has 8 heteroatoms. The molecule has 0 spiro atoms. The van der Waals surface area contributed by atoms with Crippen molar-refractivity contribution in [3.63, 3.8) is 0 Å². The molecule has 1 aromatic rings. The van der Waals surface area contributed by atoms with Crippen LogP contribution in [-0.2, 0) is 14.8 Å². The van der Waals surface area contributed by atoms with E-state index in [0.717, 1.165) is 0 Å². The highest BCUT2D eigenvalue weighted by Gasteiger charge is 2.31. The molecule has 0 aliphatic carbocycles. The first-order valence-electron chi connectivity index (χ1n) is 8.43. The third-order valence-corrected chi connectivity index (χ3v) is 6.76. The first-order valence-corrected chi connectivity index (χ1v) is 10.0. The number of carboxylic acid groups (broad SMARTS) is 1. The number of benzene rings is 1. The quantitative estimate of drug-likeness (QED) is 0.874. The Morgan fingerprint density at radius 1 is 1.20 bits per heavy atom. The van der Waals surface area contributed by atoms with E-state index in [0.29, 0.717) is 49.2 Å². The van der Waals surface area contributed by atoms with Crippen LogP contribution in [0.4, 0.5) is 5.69 Å². The van der Waals surface area contributed by atoms with Crippen molar-refractivity contribution >= 4 is 27.6 Å². The standard InChI is InChI=1S/C17H22N2O5S/c1-12-10-14(19-8-3-9-25(19,23)24)5-6-15(12)16(20)18-7-2-4-13(11-18)17(21)22/h5-6,10,13H,2-4,7-9,11H2,1H3,(H,21,22)/t13-/m0/s1. The molecule has 2 heterocycles. The van der Waals surface area contributed by atoms with E-state index in [1.165, 1.54) is 4.31 Å². The van der Waals surface area contributed by atoms with Gasteiger partial charge in [-0.05, 0) is 49.9 Å². The number of sulfonamides is 1. The Morgan fingerprint density at radius 2 is 1.96 bits per heavy atom. The average Bonchev–Trinajstić information content (AvgIpc) is 2.93. The van der Waals surface area contributed by atoms with Gasteiger partial charge >= 0.3 is 5.97 Å². The summed E-state index contributed by atoms with van der Waals surface area (Å²) in [4.78, 5) is 25.5. The molecule has 3 rings (SSSR count). The van der Waals surface area contributed by atoms with Gasteiger partial charge in [0.2, 0.25) is 10.0 Å². The number of nitrogens with zero attached hydrogens (tertiary/aromatic N) is 2. The molecule has 0 unspecified atom stereocenters. The molecular formula is C17H22N2O5S. The zero-order chi connectivity index (χ0) is 18.2. The summed E-state index contributed by atoms with van der Waals surface area (Å²) < 4.78 is 25.5. The summed E-state index contributed by atoms with van der Waals surface area (Å²) in [6.07, 6.45) is 1.86. The number of aryl methyl sites for hydroxylation is 1. The highest BCUT2D eigenvalue weighted by Crippen LogP contribution is 2.27. The number of hydrogen-bond donors (Lipinski definition) is 1. The van der Waals surface area contributed by atoms with Crippen molar-refractivity contribution in [2.24, 2.45) is 5.92 Å². The van der Waals surface area contributed by atoms with E-state index < -0.39 is 21.9 Å². The van der Waals surface area contributed by atoms with Crippen LogP contribution < -0.4 is 4.31 Å². The van der Waals surface area contributed by atoms with E-state index in [-0.39, 0.29) is 18.2 Å². The van der Waals surface area contributed by atoms with Gasteiger partial charge in [0.15, 0.2) is 0 Å². The van der Waals surface area contributed by atoms with E-state index in [1.807, 2.05) is 0 Å². The number of rotatable bonds is 3. The van der Waals surface area contributed by atoms with Gasteiger partial charge in [-0.1, -0.05) is 0 Å². The Kier molecular flexibility index (Phi) is 4.73. The summed E-state index contributed by atoms with van der Waals surface area (Å²) in [5.74, 6) is -1.44. The van der Waals surface area contributed by atoms with Crippen LogP contribution >= 0.6 is 0 Å². The maximum Gasteiger partial charge on any atom is 0.308 e. The molecule has 1 atom stereocenters. The lowest BCUT2D eigenvalue weighted by Crippen LogP contribution is -2.42. The number of likely N-dealkylation sites (tertiary alicyclic amines) is 1. The van der Waals surface area contributed by atoms with Crippen LogP contribution in [0.5, 0.6) is 0 Å². The van der Waals surface area contributed by atoms with Crippen molar-refractivity contribution < 1.29 is 23.1 Å². The highest BCUT2D eigenvalue weighted by molar-refractivity contribution is 7.93. The fraction of sp³-hybridized carbons (Fsp3) is 0.529. The normalized spacial score (nSPS) is 22.8. The van der Waals surface area contributed by atoms with E-state index in [2.05, 4.69) is 0 Å². The molecule has 1 N–H and O–H groups in total. The van der Waals surface area contributed by atoms with Crippen molar-refractivity contribution in [2.45, 2.75) is 26.2 Å². The minimum atomic E-state index is -3.25.